The zero-order valence-electron chi connectivity index (χ0n) is 7.86. The van der Waals surface area contributed by atoms with E-state index in [0.717, 1.165) is 0 Å². The molecule has 0 saturated carbocycles. The highest BCUT2D eigenvalue weighted by Crippen LogP contribution is 2.57. The fraction of sp³-hybridized carbons (Fsp3) is 1.00. The van der Waals surface area contributed by atoms with Gasteiger partial charge in [0, 0.05) is 0 Å². The average molecular weight is 194 g/mol. The van der Waals surface area contributed by atoms with E-state index in [0.29, 0.717) is 6.61 Å². The normalized spacial score (nSPS) is 37.2. The largest absolute Gasteiger partial charge is 0.475 e. The van der Waals surface area contributed by atoms with Crippen molar-refractivity contribution >= 4 is 7.82 Å². The van der Waals surface area contributed by atoms with Crippen LogP contribution in [0.15, 0.2) is 0 Å². The summed E-state index contributed by atoms with van der Waals surface area (Å²) in [4.78, 5) is 0. The van der Waals surface area contributed by atoms with Gasteiger partial charge in [-0.1, -0.05) is 0 Å². The topological polar surface area (TPSA) is 44.8 Å². The first-order valence-corrected chi connectivity index (χ1v) is 5.40. The Labute approximate surface area is 72.8 Å². The molecule has 72 valence electrons. The summed E-state index contributed by atoms with van der Waals surface area (Å²) >= 11 is 0. The summed E-state index contributed by atoms with van der Waals surface area (Å²) in [7, 11) is -3.25. The van der Waals surface area contributed by atoms with Crippen molar-refractivity contribution in [3.8, 4) is 0 Å². The van der Waals surface area contributed by atoms with Gasteiger partial charge in [-0.15, -0.1) is 0 Å². The van der Waals surface area contributed by atoms with Crippen LogP contribution in [0, 0.1) is 0 Å². The molecule has 2 unspecified atom stereocenters. The van der Waals surface area contributed by atoms with Gasteiger partial charge in [0.25, 0.3) is 0 Å². The Kier molecular flexibility index (Phi) is 2.64. The van der Waals surface area contributed by atoms with Crippen LogP contribution in [-0.4, -0.2) is 18.3 Å². The van der Waals surface area contributed by atoms with E-state index >= 15 is 0 Å². The fourth-order valence-corrected chi connectivity index (χ4v) is 2.58. The van der Waals surface area contributed by atoms with Crippen molar-refractivity contribution < 1.29 is 18.1 Å². The van der Waals surface area contributed by atoms with Crippen LogP contribution in [0.5, 0.6) is 0 Å². The Bertz CT molecular complexity index is 208. The predicted molar refractivity (Wildman–Crippen MR) is 44.9 cm³/mol. The van der Waals surface area contributed by atoms with Crippen LogP contribution in [0.4, 0.5) is 0 Å². The van der Waals surface area contributed by atoms with Gasteiger partial charge in [-0.3, -0.25) is 13.6 Å². The lowest BCUT2D eigenvalue weighted by molar-refractivity contribution is 0.0754. The molecule has 1 heterocycles. The van der Waals surface area contributed by atoms with Gasteiger partial charge >= 0.3 is 7.82 Å². The van der Waals surface area contributed by atoms with Gasteiger partial charge < -0.3 is 0 Å². The molecule has 0 amide bonds. The molecule has 0 bridgehead atoms. The van der Waals surface area contributed by atoms with E-state index in [1.54, 1.807) is 6.92 Å². The maximum atomic E-state index is 11.6. The fourth-order valence-electron chi connectivity index (χ4n) is 0.861. The van der Waals surface area contributed by atoms with Crippen molar-refractivity contribution in [2.75, 3.05) is 6.61 Å². The molecule has 12 heavy (non-hydrogen) atoms. The van der Waals surface area contributed by atoms with E-state index in [-0.39, 0.29) is 6.10 Å². The lowest BCUT2D eigenvalue weighted by Gasteiger charge is -2.21. The molecule has 1 saturated heterocycles. The Morgan fingerprint density at radius 2 is 2.08 bits per heavy atom. The van der Waals surface area contributed by atoms with Crippen LogP contribution >= 0.6 is 7.82 Å². The highest BCUT2D eigenvalue weighted by atomic mass is 31.2. The predicted octanol–water partition coefficient (Wildman–Crippen LogP) is 2.34. The smallest absolute Gasteiger partial charge is 0.284 e. The zero-order chi connectivity index (χ0) is 9.41. The van der Waals surface area contributed by atoms with Gasteiger partial charge in [-0.2, -0.15) is 0 Å². The summed E-state index contributed by atoms with van der Waals surface area (Å²) in [5.41, 5.74) is -0.500. The molecule has 0 aromatic heterocycles. The monoisotopic (exact) mass is 194 g/mol. The second-order valence-corrected chi connectivity index (χ2v) is 5.41. The summed E-state index contributed by atoms with van der Waals surface area (Å²) in [5, 5.41) is 0. The molecule has 0 N–H and O–H groups in total. The van der Waals surface area contributed by atoms with Crippen molar-refractivity contribution in [2.45, 2.75) is 39.4 Å². The van der Waals surface area contributed by atoms with E-state index < -0.39 is 13.4 Å². The lowest BCUT2D eigenvalue weighted by Crippen LogP contribution is -2.17. The molecule has 1 aliphatic rings. The highest BCUT2D eigenvalue weighted by Gasteiger charge is 2.39. The molecule has 5 heteroatoms. The summed E-state index contributed by atoms with van der Waals surface area (Å²) in [6.07, 6.45) is -0.141. The molecule has 0 aliphatic carbocycles. The van der Waals surface area contributed by atoms with Gasteiger partial charge in [-0.05, 0) is 27.7 Å². The molecule has 1 rings (SSSR count). The molecular formula is C7H15O4P. The standard InChI is InChI=1S/C7H15O4P/c1-6-5-9-12(8,10-6)11-7(2,3)4/h6H,5H2,1-4H3. The minimum absolute atomic E-state index is 0.141. The number of hydrogen-bond donors (Lipinski definition) is 0. The Hall–Kier alpha value is 0.110. The van der Waals surface area contributed by atoms with Gasteiger partial charge in [0.1, 0.15) is 0 Å². The maximum Gasteiger partial charge on any atom is 0.475 e. The van der Waals surface area contributed by atoms with Crippen LogP contribution < -0.4 is 0 Å². The molecule has 0 aromatic rings. The van der Waals surface area contributed by atoms with Crippen LogP contribution in [0.2, 0.25) is 0 Å². The van der Waals surface area contributed by atoms with E-state index in [9.17, 15) is 4.57 Å². The third-order valence-corrected chi connectivity index (χ3v) is 3.02. The summed E-state index contributed by atoms with van der Waals surface area (Å²) in [5.74, 6) is 0. The van der Waals surface area contributed by atoms with Gasteiger partial charge in [-0.25, -0.2) is 4.57 Å². The SMILES string of the molecule is CC1COP(=O)(OC(C)(C)C)O1. The Morgan fingerprint density at radius 3 is 2.42 bits per heavy atom. The highest BCUT2D eigenvalue weighted by molar-refractivity contribution is 7.48. The van der Waals surface area contributed by atoms with Gasteiger partial charge in [0.05, 0.1) is 18.3 Å². The first-order valence-electron chi connectivity index (χ1n) is 3.94. The second-order valence-electron chi connectivity index (χ2n) is 3.86. The van der Waals surface area contributed by atoms with Crippen molar-refractivity contribution in [2.24, 2.45) is 0 Å². The van der Waals surface area contributed by atoms with E-state index in [1.165, 1.54) is 0 Å². The lowest BCUT2D eigenvalue weighted by atomic mass is 10.2. The number of hydrogen-bond acceptors (Lipinski definition) is 4. The van der Waals surface area contributed by atoms with Crippen LogP contribution in [0.25, 0.3) is 0 Å². The number of rotatable bonds is 1. The van der Waals surface area contributed by atoms with Crippen molar-refractivity contribution in [3.05, 3.63) is 0 Å². The van der Waals surface area contributed by atoms with Crippen molar-refractivity contribution in [1.29, 1.82) is 0 Å². The molecular weight excluding hydrogens is 179 g/mol. The van der Waals surface area contributed by atoms with Gasteiger partial charge in [0.2, 0.25) is 0 Å². The zero-order valence-corrected chi connectivity index (χ0v) is 8.76. The molecule has 2 atom stereocenters. The summed E-state index contributed by atoms with van der Waals surface area (Å²) < 4.78 is 26.7. The van der Waals surface area contributed by atoms with E-state index in [4.69, 9.17) is 13.6 Å². The Balaban J connectivity index is 2.57. The van der Waals surface area contributed by atoms with Crippen molar-refractivity contribution in [3.63, 3.8) is 0 Å². The molecule has 0 spiro atoms. The molecule has 4 nitrogen and oxygen atoms in total. The number of phosphoric acid groups is 1. The molecule has 0 radical (unpaired) electrons. The summed E-state index contributed by atoms with van der Waals surface area (Å²) in [6, 6.07) is 0. The minimum atomic E-state index is -3.25. The third kappa shape index (κ3) is 2.87. The molecule has 1 fully saturated rings. The third-order valence-electron chi connectivity index (χ3n) is 1.16. The molecule has 0 aromatic carbocycles. The van der Waals surface area contributed by atoms with Crippen LogP contribution in [0.3, 0.4) is 0 Å². The van der Waals surface area contributed by atoms with Crippen molar-refractivity contribution in [1.82, 2.24) is 0 Å². The van der Waals surface area contributed by atoms with E-state index in [2.05, 4.69) is 0 Å². The molecule has 1 aliphatic heterocycles. The maximum absolute atomic E-state index is 11.6. The second kappa shape index (κ2) is 3.11. The minimum Gasteiger partial charge on any atom is -0.284 e. The van der Waals surface area contributed by atoms with E-state index in [1.807, 2.05) is 20.8 Å². The summed E-state index contributed by atoms with van der Waals surface area (Å²) in [6.45, 7) is 7.56. The first-order chi connectivity index (χ1) is 5.31. The van der Waals surface area contributed by atoms with Crippen LogP contribution in [0.1, 0.15) is 27.7 Å². The van der Waals surface area contributed by atoms with Gasteiger partial charge in [0.15, 0.2) is 0 Å². The quantitative estimate of drug-likeness (QED) is 0.601. The Morgan fingerprint density at radius 1 is 1.50 bits per heavy atom. The average Bonchev–Trinajstić information content (AvgIpc) is 2.05. The number of phosphoric ester groups is 1. The van der Waals surface area contributed by atoms with Crippen LogP contribution in [-0.2, 0) is 18.1 Å². The first kappa shape index (κ1) is 10.2.